The molecule has 0 aliphatic rings. The molecule has 1 atom stereocenters. The average molecular weight is 598 g/mol. The van der Waals surface area contributed by atoms with E-state index in [1.54, 1.807) is 0 Å². The fraction of sp³-hybridized carbons (Fsp3) is 0.333. The van der Waals surface area contributed by atoms with Crippen molar-refractivity contribution in [3.63, 3.8) is 0 Å². The number of alkyl carbamates (subject to hydrolysis) is 1. The molecule has 0 fully saturated rings. The summed E-state index contributed by atoms with van der Waals surface area (Å²) in [5.74, 6) is 0. The van der Waals surface area contributed by atoms with E-state index in [2.05, 4.69) is 56.8 Å². The third-order valence-electron chi connectivity index (χ3n) is 6.01. The summed E-state index contributed by atoms with van der Waals surface area (Å²) in [5.41, 5.74) is 7.98. The first kappa shape index (κ1) is 31.3. The lowest BCUT2D eigenvalue weighted by Gasteiger charge is -2.49. The second kappa shape index (κ2) is 14.9. The van der Waals surface area contributed by atoms with Gasteiger partial charge in [0, 0.05) is 19.5 Å². The van der Waals surface area contributed by atoms with Crippen LogP contribution in [0.5, 0.6) is 0 Å². The molecule has 8 heteroatoms. The van der Waals surface area contributed by atoms with Crippen LogP contribution in [0.1, 0.15) is 43.9 Å². The molecule has 0 aromatic heterocycles. The SMILES string of the molecule is Br.CC(C)(C)OC(=O)NC(CCN=C=S)N(CCN)C(c1ccccc1)(c1ccccc1)c1ccccc1. The maximum absolute atomic E-state index is 13.1. The predicted octanol–water partition coefficient (Wildman–Crippen LogP) is 6.16. The van der Waals surface area contributed by atoms with Gasteiger partial charge in [0.2, 0.25) is 0 Å². The molecule has 3 N–H and O–H groups in total. The number of hydrogen-bond acceptors (Lipinski definition) is 6. The molecule has 0 bridgehead atoms. The van der Waals surface area contributed by atoms with Gasteiger partial charge in [0.15, 0.2) is 0 Å². The van der Waals surface area contributed by atoms with E-state index in [0.29, 0.717) is 26.1 Å². The van der Waals surface area contributed by atoms with E-state index in [9.17, 15) is 4.79 Å². The van der Waals surface area contributed by atoms with Crippen LogP contribution in [0.2, 0.25) is 0 Å². The van der Waals surface area contributed by atoms with Crippen LogP contribution in [0.4, 0.5) is 4.79 Å². The summed E-state index contributed by atoms with van der Waals surface area (Å²) in [7, 11) is 0. The van der Waals surface area contributed by atoms with Gasteiger partial charge < -0.3 is 15.8 Å². The fourth-order valence-corrected chi connectivity index (χ4v) is 4.81. The molecule has 0 saturated carbocycles. The Morgan fingerprint density at radius 1 is 0.947 bits per heavy atom. The molecule has 6 nitrogen and oxygen atoms in total. The van der Waals surface area contributed by atoms with Gasteiger partial charge >= 0.3 is 6.09 Å². The van der Waals surface area contributed by atoms with Gasteiger partial charge in [-0.2, -0.15) is 0 Å². The Labute approximate surface area is 242 Å². The molecule has 38 heavy (non-hydrogen) atoms. The lowest BCUT2D eigenvalue weighted by molar-refractivity contribution is 0.0287. The van der Waals surface area contributed by atoms with Crippen LogP contribution in [-0.4, -0.2) is 47.6 Å². The van der Waals surface area contributed by atoms with Crippen LogP contribution in [0.15, 0.2) is 96.0 Å². The molecule has 1 unspecified atom stereocenters. The van der Waals surface area contributed by atoms with Crippen molar-refractivity contribution in [2.45, 2.75) is 44.5 Å². The monoisotopic (exact) mass is 596 g/mol. The molecular weight excluding hydrogens is 560 g/mol. The highest BCUT2D eigenvalue weighted by molar-refractivity contribution is 8.93. The first-order valence-corrected chi connectivity index (χ1v) is 12.9. The molecule has 0 aliphatic carbocycles. The molecule has 1 amide bonds. The number of amides is 1. The summed E-state index contributed by atoms with van der Waals surface area (Å²) in [6.45, 7) is 6.78. The number of thiocarbonyl (C=S) groups is 1. The molecule has 0 aliphatic heterocycles. The van der Waals surface area contributed by atoms with Gasteiger partial charge in [0.25, 0.3) is 0 Å². The number of carbonyl (C=O) groups is 1. The summed E-state index contributed by atoms with van der Waals surface area (Å²) in [6.07, 6.45) is -0.503. The molecule has 3 aromatic carbocycles. The van der Waals surface area contributed by atoms with Crippen molar-refractivity contribution >= 4 is 40.5 Å². The topological polar surface area (TPSA) is 80.0 Å². The van der Waals surface area contributed by atoms with Crippen molar-refractivity contribution in [1.29, 1.82) is 0 Å². The smallest absolute Gasteiger partial charge is 0.408 e. The predicted molar refractivity (Wildman–Crippen MR) is 163 cm³/mol. The van der Waals surface area contributed by atoms with Crippen LogP contribution in [0.25, 0.3) is 0 Å². The number of rotatable bonds is 11. The van der Waals surface area contributed by atoms with Crippen molar-refractivity contribution in [1.82, 2.24) is 10.2 Å². The molecule has 3 rings (SSSR count). The van der Waals surface area contributed by atoms with Crippen LogP contribution < -0.4 is 11.1 Å². The Morgan fingerprint density at radius 3 is 1.76 bits per heavy atom. The summed E-state index contributed by atoms with van der Waals surface area (Å²) >= 11 is 4.82. The highest BCUT2D eigenvalue weighted by Crippen LogP contribution is 2.43. The van der Waals surface area contributed by atoms with E-state index >= 15 is 0 Å². The van der Waals surface area contributed by atoms with Gasteiger partial charge in [0.05, 0.1) is 23.4 Å². The minimum absolute atomic E-state index is 0. The molecule has 202 valence electrons. The second-order valence-electron chi connectivity index (χ2n) is 9.71. The molecule has 0 radical (unpaired) electrons. The van der Waals surface area contributed by atoms with Crippen LogP contribution in [-0.2, 0) is 10.3 Å². The first-order chi connectivity index (χ1) is 17.8. The summed E-state index contributed by atoms with van der Waals surface area (Å²) < 4.78 is 5.66. The van der Waals surface area contributed by atoms with E-state index in [1.807, 2.05) is 75.4 Å². The average Bonchev–Trinajstić information content (AvgIpc) is 2.89. The molecule has 0 spiro atoms. The van der Waals surface area contributed by atoms with E-state index < -0.39 is 23.4 Å². The third-order valence-corrected chi connectivity index (χ3v) is 6.14. The maximum atomic E-state index is 13.1. The van der Waals surface area contributed by atoms with Crippen molar-refractivity contribution in [3.05, 3.63) is 108 Å². The highest BCUT2D eigenvalue weighted by Gasteiger charge is 2.45. The van der Waals surface area contributed by atoms with Crippen molar-refractivity contribution in [3.8, 4) is 0 Å². The summed E-state index contributed by atoms with van der Waals surface area (Å²) in [5, 5.41) is 5.56. The Balaban J connectivity index is 0.00000507. The number of carbonyl (C=O) groups excluding carboxylic acids is 1. The number of benzene rings is 3. The van der Waals surface area contributed by atoms with Gasteiger partial charge in [-0.15, -0.1) is 17.0 Å². The standard InChI is InChI=1S/C30H36N4O2S.BrH/c1-29(2,3)36-28(35)33-27(19-21-32-23-37)34(22-20-31)30(24-13-7-4-8-14-24,25-15-9-5-10-16-25)26-17-11-6-12-18-26;/h4-18,27H,19-22,31H2,1-3H3,(H,33,35);1H. The van der Waals surface area contributed by atoms with Crippen molar-refractivity contribution < 1.29 is 9.53 Å². The zero-order valence-corrected chi connectivity index (χ0v) is 24.7. The van der Waals surface area contributed by atoms with Crippen LogP contribution in [0.3, 0.4) is 0 Å². The lowest BCUT2D eigenvalue weighted by Crippen LogP contribution is -2.60. The largest absolute Gasteiger partial charge is 0.444 e. The van der Waals surface area contributed by atoms with E-state index in [4.69, 9.17) is 22.7 Å². The Hall–Kier alpha value is -2.87. The number of aliphatic imine (C=N–C) groups is 1. The Bertz CT molecular complexity index is 1070. The minimum atomic E-state index is -0.774. The molecule has 0 saturated heterocycles. The van der Waals surface area contributed by atoms with Gasteiger partial charge in [-0.1, -0.05) is 91.0 Å². The zero-order valence-electron chi connectivity index (χ0n) is 22.2. The van der Waals surface area contributed by atoms with E-state index in [-0.39, 0.29) is 17.0 Å². The third kappa shape index (κ3) is 7.82. The quantitative estimate of drug-likeness (QED) is 0.120. The van der Waals surface area contributed by atoms with Crippen LogP contribution in [0, 0.1) is 0 Å². The number of hydrogen-bond donors (Lipinski definition) is 2. The zero-order chi connectivity index (χ0) is 26.7. The van der Waals surface area contributed by atoms with Gasteiger partial charge in [-0.05, 0) is 49.7 Å². The second-order valence-corrected chi connectivity index (χ2v) is 9.90. The van der Waals surface area contributed by atoms with E-state index in [1.165, 1.54) is 0 Å². The highest BCUT2D eigenvalue weighted by atomic mass is 79.9. The minimum Gasteiger partial charge on any atom is -0.444 e. The van der Waals surface area contributed by atoms with Crippen LogP contribution >= 0.6 is 29.2 Å². The van der Waals surface area contributed by atoms with E-state index in [0.717, 1.165) is 16.7 Å². The van der Waals surface area contributed by atoms with Gasteiger partial charge in [-0.3, -0.25) is 4.90 Å². The number of halogens is 1. The Kier molecular flexibility index (Phi) is 12.3. The number of nitrogens with zero attached hydrogens (tertiary/aromatic N) is 2. The van der Waals surface area contributed by atoms with Gasteiger partial charge in [-0.25, -0.2) is 9.79 Å². The van der Waals surface area contributed by atoms with Gasteiger partial charge in [0.1, 0.15) is 5.60 Å². The van der Waals surface area contributed by atoms with Crippen molar-refractivity contribution in [2.24, 2.45) is 10.7 Å². The molecule has 3 aromatic rings. The normalized spacial score (nSPS) is 12.1. The molecular formula is C30H37BrN4O2S. The number of ether oxygens (including phenoxy) is 1. The Morgan fingerprint density at radius 2 is 1.39 bits per heavy atom. The number of isothiocyanates is 1. The fourth-order valence-electron chi connectivity index (χ4n) is 4.71. The molecule has 0 heterocycles. The lowest BCUT2D eigenvalue weighted by atomic mass is 9.75. The van der Waals surface area contributed by atoms with Crippen molar-refractivity contribution in [2.75, 3.05) is 19.6 Å². The number of nitrogens with one attached hydrogen (secondary N) is 1. The maximum Gasteiger partial charge on any atom is 0.408 e. The first-order valence-electron chi connectivity index (χ1n) is 12.5. The summed E-state index contributed by atoms with van der Waals surface area (Å²) in [6, 6.07) is 30.9. The number of nitrogens with two attached hydrogens (primary N) is 1. The summed E-state index contributed by atoms with van der Waals surface area (Å²) in [4.78, 5) is 19.5.